The summed E-state index contributed by atoms with van der Waals surface area (Å²) in [7, 11) is 0. The van der Waals surface area contributed by atoms with Gasteiger partial charge < -0.3 is 10.4 Å². The largest absolute Gasteiger partial charge is 0.396 e. The lowest BCUT2D eigenvalue weighted by molar-refractivity contribution is 0.141. The van der Waals surface area contributed by atoms with Gasteiger partial charge in [0, 0.05) is 18.8 Å². The van der Waals surface area contributed by atoms with Crippen molar-refractivity contribution in [3.63, 3.8) is 0 Å². The van der Waals surface area contributed by atoms with Crippen LogP contribution in [0.15, 0.2) is 18.2 Å². The number of rotatable bonds is 4. The third-order valence-corrected chi connectivity index (χ3v) is 4.38. The molecule has 1 aromatic carbocycles. The zero-order chi connectivity index (χ0) is 13.0. The minimum Gasteiger partial charge on any atom is -0.396 e. The molecule has 1 saturated carbocycles. The molecule has 0 spiro atoms. The van der Waals surface area contributed by atoms with Crippen molar-refractivity contribution < 1.29 is 5.11 Å². The van der Waals surface area contributed by atoms with Crippen molar-refractivity contribution in [2.45, 2.75) is 39.5 Å². The highest BCUT2D eigenvalue weighted by Crippen LogP contribution is 2.30. The minimum absolute atomic E-state index is 0.347. The predicted molar refractivity (Wildman–Crippen MR) is 76.9 cm³/mol. The Morgan fingerprint density at radius 3 is 2.50 bits per heavy atom. The Labute approximate surface area is 110 Å². The molecule has 2 nitrogen and oxygen atoms in total. The fourth-order valence-electron chi connectivity index (χ4n) is 2.89. The van der Waals surface area contributed by atoms with Crippen LogP contribution in [0.4, 0.5) is 5.69 Å². The van der Waals surface area contributed by atoms with Gasteiger partial charge in [0.2, 0.25) is 0 Å². The summed E-state index contributed by atoms with van der Waals surface area (Å²) in [5.74, 6) is 1.13. The quantitative estimate of drug-likeness (QED) is 0.853. The maximum Gasteiger partial charge on any atom is 0.0462 e. The summed E-state index contributed by atoms with van der Waals surface area (Å²) in [5, 5.41) is 12.9. The summed E-state index contributed by atoms with van der Waals surface area (Å²) in [6.07, 6.45) is 5.04. The van der Waals surface area contributed by atoms with Crippen LogP contribution in [0, 0.1) is 25.7 Å². The molecule has 100 valence electrons. The van der Waals surface area contributed by atoms with Crippen LogP contribution in [-0.2, 0) is 0 Å². The first-order valence-electron chi connectivity index (χ1n) is 7.12. The number of aliphatic hydroxyl groups excluding tert-OH is 1. The molecule has 1 fully saturated rings. The summed E-state index contributed by atoms with van der Waals surface area (Å²) in [5.41, 5.74) is 3.88. The van der Waals surface area contributed by atoms with E-state index in [4.69, 9.17) is 0 Å². The normalized spacial score (nSPS) is 23.9. The molecule has 18 heavy (non-hydrogen) atoms. The van der Waals surface area contributed by atoms with Gasteiger partial charge >= 0.3 is 0 Å². The molecular formula is C16H25NO. The molecule has 1 aromatic rings. The Morgan fingerprint density at radius 1 is 1.11 bits per heavy atom. The first-order chi connectivity index (χ1) is 8.70. The van der Waals surface area contributed by atoms with Gasteiger partial charge in [0.05, 0.1) is 0 Å². The average Bonchev–Trinajstić information content (AvgIpc) is 2.40. The molecular weight excluding hydrogens is 222 g/mol. The summed E-state index contributed by atoms with van der Waals surface area (Å²) < 4.78 is 0. The summed E-state index contributed by atoms with van der Waals surface area (Å²) in [6.45, 7) is 5.63. The Bertz CT molecular complexity index is 389. The fraction of sp³-hybridized carbons (Fsp3) is 0.625. The van der Waals surface area contributed by atoms with E-state index in [1.807, 2.05) is 0 Å². The number of benzene rings is 1. The van der Waals surface area contributed by atoms with Gasteiger partial charge in [0.1, 0.15) is 0 Å². The van der Waals surface area contributed by atoms with Gasteiger partial charge in [-0.2, -0.15) is 0 Å². The van der Waals surface area contributed by atoms with E-state index in [1.165, 1.54) is 42.5 Å². The van der Waals surface area contributed by atoms with E-state index >= 15 is 0 Å². The second kappa shape index (κ2) is 6.24. The van der Waals surface area contributed by atoms with Crippen LogP contribution < -0.4 is 5.32 Å². The summed E-state index contributed by atoms with van der Waals surface area (Å²) >= 11 is 0. The number of nitrogens with one attached hydrogen (secondary N) is 1. The van der Waals surface area contributed by atoms with Gasteiger partial charge in [0.25, 0.3) is 0 Å². The van der Waals surface area contributed by atoms with E-state index in [0.717, 1.165) is 6.54 Å². The Balaban J connectivity index is 1.91. The van der Waals surface area contributed by atoms with Gasteiger partial charge in [-0.15, -0.1) is 0 Å². The van der Waals surface area contributed by atoms with Crippen molar-refractivity contribution in [1.29, 1.82) is 0 Å². The van der Waals surface area contributed by atoms with E-state index < -0.39 is 0 Å². The molecule has 0 aromatic heterocycles. The fourth-order valence-corrected chi connectivity index (χ4v) is 2.89. The predicted octanol–water partition coefficient (Wildman–Crippen LogP) is 3.51. The molecule has 1 aliphatic carbocycles. The molecule has 2 heteroatoms. The standard InChI is InChI=1S/C16H25NO/c1-12-7-8-16(9-13(12)2)17-10-14-5-3-4-6-15(14)11-18/h7-9,14-15,17-18H,3-6,10-11H2,1-2H3. The maximum absolute atomic E-state index is 9.41. The SMILES string of the molecule is Cc1ccc(NCC2CCCCC2CO)cc1C. The van der Waals surface area contributed by atoms with Crippen molar-refractivity contribution in [3.05, 3.63) is 29.3 Å². The third kappa shape index (κ3) is 3.26. The monoisotopic (exact) mass is 247 g/mol. The van der Waals surface area contributed by atoms with Gasteiger partial charge in [-0.1, -0.05) is 18.9 Å². The lowest BCUT2D eigenvalue weighted by Gasteiger charge is -2.30. The molecule has 0 radical (unpaired) electrons. The summed E-state index contributed by atoms with van der Waals surface area (Å²) in [6, 6.07) is 6.54. The van der Waals surface area contributed by atoms with Crippen molar-refractivity contribution >= 4 is 5.69 Å². The lowest BCUT2D eigenvalue weighted by Crippen LogP contribution is -2.28. The van der Waals surface area contributed by atoms with E-state index in [1.54, 1.807) is 0 Å². The third-order valence-electron chi connectivity index (χ3n) is 4.38. The number of hydrogen-bond donors (Lipinski definition) is 2. The number of hydrogen-bond acceptors (Lipinski definition) is 2. The first kappa shape index (κ1) is 13.4. The highest BCUT2D eigenvalue weighted by atomic mass is 16.3. The molecule has 2 atom stereocenters. The van der Waals surface area contributed by atoms with Crippen LogP contribution >= 0.6 is 0 Å². The van der Waals surface area contributed by atoms with Crippen molar-refractivity contribution in [3.8, 4) is 0 Å². The van der Waals surface area contributed by atoms with Gasteiger partial charge in [-0.3, -0.25) is 0 Å². The lowest BCUT2D eigenvalue weighted by atomic mass is 9.79. The number of anilines is 1. The van der Waals surface area contributed by atoms with E-state index in [-0.39, 0.29) is 0 Å². The molecule has 0 amide bonds. The Kier molecular flexibility index (Phi) is 4.65. The molecule has 2 unspecified atom stereocenters. The van der Waals surface area contributed by atoms with Crippen molar-refractivity contribution in [2.24, 2.45) is 11.8 Å². The van der Waals surface area contributed by atoms with Crippen LogP contribution in [0.3, 0.4) is 0 Å². The molecule has 0 heterocycles. The highest BCUT2D eigenvalue weighted by molar-refractivity contribution is 5.48. The van der Waals surface area contributed by atoms with E-state index in [2.05, 4.69) is 37.4 Å². The second-order valence-electron chi connectivity index (χ2n) is 5.67. The smallest absolute Gasteiger partial charge is 0.0462 e. The van der Waals surface area contributed by atoms with Crippen LogP contribution in [0.5, 0.6) is 0 Å². The van der Waals surface area contributed by atoms with Gasteiger partial charge in [0.15, 0.2) is 0 Å². The number of aliphatic hydroxyl groups is 1. The van der Waals surface area contributed by atoms with Crippen LogP contribution in [-0.4, -0.2) is 18.3 Å². The van der Waals surface area contributed by atoms with Crippen LogP contribution in [0.2, 0.25) is 0 Å². The minimum atomic E-state index is 0.347. The topological polar surface area (TPSA) is 32.3 Å². The van der Waals surface area contributed by atoms with Crippen LogP contribution in [0.1, 0.15) is 36.8 Å². The van der Waals surface area contributed by atoms with Gasteiger partial charge in [-0.25, -0.2) is 0 Å². The average molecular weight is 247 g/mol. The Morgan fingerprint density at radius 2 is 1.83 bits per heavy atom. The molecule has 2 rings (SSSR count). The van der Waals surface area contributed by atoms with Crippen molar-refractivity contribution in [1.82, 2.24) is 0 Å². The molecule has 0 saturated heterocycles. The molecule has 0 aliphatic heterocycles. The highest BCUT2D eigenvalue weighted by Gasteiger charge is 2.23. The molecule has 2 N–H and O–H groups in total. The zero-order valence-electron chi connectivity index (χ0n) is 11.6. The second-order valence-corrected chi connectivity index (χ2v) is 5.67. The summed E-state index contributed by atoms with van der Waals surface area (Å²) in [4.78, 5) is 0. The van der Waals surface area contributed by atoms with Crippen molar-refractivity contribution in [2.75, 3.05) is 18.5 Å². The first-order valence-corrected chi connectivity index (χ1v) is 7.12. The van der Waals surface area contributed by atoms with E-state index in [9.17, 15) is 5.11 Å². The van der Waals surface area contributed by atoms with Crippen LogP contribution in [0.25, 0.3) is 0 Å². The molecule has 0 bridgehead atoms. The van der Waals surface area contributed by atoms with Gasteiger partial charge in [-0.05, 0) is 61.8 Å². The Hall–Kier alpha value is -1.02. The number of aryl methyl sites for hydroxylation is 2. The maximum atomic E-state index is 9.41. The molecule has 1 aliphatic rings. The zero-order valence-corrected chi connectivity index (χ0v) is 11.6. The van der Waals surface area contributed by atoms with E-state index in [0.29, 0.717) is 18.4 Å².